The van der Waals surface area contributed by atoms with E-state index in [1.807, 2.05) is 28.0 Å². The van der Waals surface area contributed by atoms with Gasteiger partial charge in [0.2, 0.25) is 11.9 Å². The number of nitrogens with zero attached hydrogens (tertiary/aromatic N) is 5. The second kappa shape index (κ2) is 8.05. The fourth-order valence-electron chi connectivity index (χ4n) is 4.84. The number of piperazine rings is 1. The summed E-state index contributed by atoms with van der Waals surface area (Å²) in [4.78, 5) is 37.2. The minimum absolute atomic E-state index is 0.131. The number of H-pyrrole nitrogens is 1. The van der Waals surface area contributed by atoms with Crippen LogP contribution < -0.4 is 10.5 Å². The standard InChI is InChI=1S/C22H23FN6O2/c23-14-10-24-22(25-11-14)28-12-15-8-9-16(13-28)29(15)20(30)7-3-6-19-17-4-1-2-5-18(17)21(31)27-26-19/h1-2,4-5,10-11,15-16H,3,6-9,12-13H2,(H,27,31). The van der Waals surface area contributed by atoms with Crippen molar-refractivity contribution >= 4 is 22.6 Å². The van der Waals surface area contributed by atoms with Gasteiger partial charge in [0.15, 0.2) is 5.82 Å². The molecule has 8 nitrogen and oxygen atoms in total. The Kier molecular flexibility index (Phi) is 5.09. The van der Waals surface area contributed by atoms with Crippen molar-refractivity contribution in [2.24, 2.45) is 0 Å². The van der Waals surface area contributed by atoms with Gasteiger partial charge in [-0.1, -0.05) is 18.2 Å². The van der Waals surface area contributed by atoms with E-state index in [1.54, 1.807) is 6.07 Å². The molecule has 3 aromatic rings. The Morgan fingerprint density at radius 3 is 2.48 bits per heavy atom. The van der Waals surface area contributed by atoms with Crippen LogP contribution in [-0.2, 0) is 11.2 Å². The molecule has 0 spiro atoms. The number of carbonyl (C=O) groups is 1. The SMILES string of the molecule is O=C(CCCc1n[nH]c(=O)c2ccccc12)N1C2CCC1CN(c1ncc(F)cn1)C2. The van der Waals surface area contributed by atoms with Gasteiger partial charge in [0.05, 0.1) is 23.5 Å². The molecule has 2 saturated heterocycles. The predicted molar refractivity (Wildman–Crippen MR) is 113 cm³/mol. The molecule has 31 heavy (non-hydrogen) atoms. The van der Waals surface area contributed by atoms with E-state index >= 15 is 0 Å². The summed E-state index contributed by atoms with van der Waals surface area (Å²) in [6.45, 7) is 1.33. The van der Waals surface area contributed by atoms with Crippen molar-refractivity contribution in [1.29, 1.82) is 0 Å². The van der Waals surface area contributed by atoms with Gasteiger partial charge in [-0.05, 0) is 31.7 Å². The van der Waals surface area contributed by atoms with Gasteiger partial charge in [0, 0.05) is 37.0 Å². The monoisotopic (exact) mass is 422 g/mol. The number of hydrogen-bond donors (Lipinski definition) is 1. The highest BCUT2D eigenvalue weighted by atomic mass is 19.1. The van der Waals surface area contributed by atoms with Crippen LogP contribution in [0.5, 0.6) is 0 Å². The molecule has 0 radical (unpaired) electrons. The molecule has 9 heteroatoms. The smallest absolute Gasteiger partial charge is 0.272 e. The molecule has 1 aromatic carbocycles. The highest BCUT2D eigenvalue weighted by Gasteiger charge is 2.42. The number of nitrogens with one attached hydrogen (secondary N) is 1. The van der Waals surface area contributed by atoms with Crippen LogP contribution in [-0.4, -0.2) is 56.1 Å². The Hall–Kier alpha value is -3.36. The minimum atomic E-state index is -0.453. The summed E-state index contributed by atoms with van der Waals surface area (Å²) in [7, 11) is 0. The molecule has 5 rings (SSSR count). The number of benzene rings is 1. The van der Waals surface area contributed by atoms with Gasteiger partial charge in [0.1, 0.15) is 0 Å². The first-order chi connectivity index (χ1) is 15.1. The Bertz CT molecular complexity index is 1150. The van der Waals surface area contributed by atoms with Gasteiger partial charge in [-0.3, -0.25) is 9.59 Å². The molecule has 1 amide bonds. The molecule has 2 aromatic heterocycles. The lowest BCUT2D eigenvalue weighted by Gasteiger charge is -2.41. The molecule has 2 aliphatic rings. The number of rotatable bonds is 5. The van der Waals surface area contributed by atoms with E-state index in [0.29, 0.717) is 43.7 Å². The van der Waals surface area contributed by atoms with Crippen LogP contribution in [0.4, 0.5) is 10.3 Å². The molecule has 1 N–H and O–H groups in total. The van der Waals surface area contributed by atoms with E-state index < -0.39 is 5.82 Å². The maximum absolute atomic E-state index is 13.1. The number of hydrogen-bond acceptors (Lipinski definition) is 6. The Morgan fingerprint density at radius 1 is 1.10 bits per heavy atom. The number of aromatic nitrogens is 4. The molecule has 2 bridgehead atoms. The summed E-state index contributed by atoms with van der Waals surface area (Å²) < 4.78 is 13.1. The number of halogens is 1. The van der Waals surface area contributed by atoms with E-state index in [2.05, 4.69) is 20.2 Å². The number of amides is 1. The summed E-state index contributed by atoms with van der Waals surface area (Å²) in [5.41, 5.74) is 0.610. The topological polar surface area (TPSA) is 95.1 Å². The van der Waals surface area contributed by atoms with Gasteiger partial charge < -0.3 is 9.80 Å². The van der Waals surface area contributed by atoms with Crippen LogP contribution >= 0.6 is 0 Å². The van der Waals surface area contributed by atoms with Crippen molar-refractivity contribution in [2.45, 2.75) is 44.2 Å². The van der Waals surface area contributed by atoms with E-state index in [9.17, 15) is 14.0 Å². The molecule has 160 valence electrons. The fourth-order valence-corrected chi connectivity index (χ4v) is 4.84. The highest BCUT2D eigenvalue weighted by molar-refractivity contribution is 5.83. The number of carbonyl (C=O) groups excluding carboxylic acids is 1. The van der Waals surface area contributed by atoms with E-state index in [-0.39, 0.29) is 23.6 Å². The number of aromatic amines is 1. The zero-order chi connectivity index (χ0) is 21.4. The van der Waals surface area contributed by atoms with Crippen molar-refractivity contribution in [2.75, 3.05) is 18.0 Å². The van der Waals surface area contributed by atoms with Crippen molar-refractivity contribution in [3.63, 3.8) is 0 Å². The van der Waals surface area contributed by atoms with E-state index in [0.717, 1.165) is 23.9 Å². The Labute approximate surface area is 178 Å². The van der Waals surface area contributed by atoms with Gasteiger partial charge in [0.25, 0.3) is 5.56 Å². The molecule has 2 fully saturated rings. The third-order valence-electron chi connectivity index (χ3n) is 6.24. The third-order valence-corrected chi connectivity index (χ3v) is 6.24. The molecule has 2 unspecified atom stereocenters. The lowest BCUT2D eigenvalue weighted by atomic mass is 10.1. The average Bonchev–Trinajstić information content (AvgIpc) is 3.05. The second-order valence-electron chi connectivity index (χ2n) is 8.19. The predicted octanol–water partition coefficient (Wildman–Crippen LogP) is 2.05. The Morgan fingerprint density at radius 2 is 1.77 bits per heavy atom. The zero-order valence-electron chi connectivity index (χ0n) is 17.0. The molecular formula is C22H23FN6O2. The summed E-state index contributed by atoms with van der Waals surface area (Å²) in [6, 6.07) is 7.66. The number of aryl methyl sites for hydroxylation is 1. The second-order valence-corrected chi connectivity index (χ2v) is 8.19. The van der Waals surface area contributed by atoms with Crippen LogP contribution in [0.3, 0.4) is 0 Å². The zero-order valence-corrected chi connectivity index (χ0v) is 17.0. The first kappa shape index (κ1) is 19.6. The summed E-state index contributed by atoms with van der Waals surface area (Å²) >= 11 is 0. The molecule has 0 aliphatic carbocycles. The largest absolute Gasteiger partial charge is 0.337 e. The summed E-state index contributed by atoms with van der Waals surface area (Å²) in [5.74, 6) is 0.215. The lowest BCUT2D eigenvalue weighted by Crippen LogP contribution is -2.56. The highest BCUT2D eigenvalue weighted by Crippen LogP contribution is 2.32. The molecule has 4 heterocycles. The van der Waals surface area contributed by atoms with Gasteiger partial charge in [-0.15, -0.1) is 0 Å². The fraction of sp³-hybridized carbons (Fsp3) is 0.409. The van der Waals surface area contributed by atoms with Crippen LogP contribution in [0.1, 0.15) is 31.4 Å². The van der Waals surface area contributed by atoms with E-state index in [1.165, 1.54) is 12.4 Å². The van der Waals surface area contributed by atoms with Gasteiger partial charge in [-0.25, -0.2) is 19.5 Å². The average molecular weight is 422 g/mol. The van der Waals surface area contributed by atoms with Gasteiger partial charge >= 0.3 is 0 Å². The van der Waals surface area contributed by atoms with Crippen molar-refractivity contribution in [3.8, 4) is 0 Å². The number of anilines is 1. The molecular weight excluding hydrogens is 399 g/mol. The quantitative estimate of drug-likeness (QED) is 0.676. The first-order valence-electron chi connectivity index (χ1n) is 10.6. The van der Waals surface area contributed by atoms with Gasteiger partial charge in [-0.2, -0.15) is 5.10 Å². The van der Waals surface area contributed by atoms with Crippen molar-refractivity contribution < 1.29 is 9.18 Å². The maximum atomic E-state index is 13.1. The van der Waals surface area contributed by atoms with E-state index in [4.69, 9.17) is 0 Å². The van der Waals surface area contributed by atoms with Crippen LogP contribution in [0, 0.1) is 5.82 Å². The molecule has 2 atom stereocenters. The van der Waals surface area contributed by atoms with Crippen LogP contribution in [0.15, 0.2) is 41.5 Å². The lowest BCUT2D eigenvalue weighted by molar-refractivity contribution is -0.134. The minimum Gasteiger partial charge on any atom is -0.337 e. The molecule has 0 saturated carbocycles. The first-order valence-corrected chi connectivity index (χ1v) is 10.6. The number of fused-ring (bicyclic) bond motifs is 3. The summed E-state index contributed by atoms with van der Waals surface area (Å²) in [6.07, 6.45) is 6.01. The molecule has 2 aliphatic heterocycles. The summed E-state index contributed by atoms with van der Waals surface area (Å²) in [5, 5.41) is 8.21. The van der Waals surface area contributed by atoms with Crippen molar-refractivity contribution in [3.05, 3.63) is 58.5 Å². The van der Waals surface area contributed by atoms with Crippen molar-refractivity contribution in [1.82, 2.24) is 25.1 Å². The third kappa shape index (κ3) is 3.75. The van der Waals surface area contributed by atoms with Crippen LogP contribution in [0.2, 0.25) is 0 Å². The normalized spacial score (nSPS) is 20.4. The Balaban J connectivity index is 1.22. The maximum Gasteiger partial charge on any atom is 0.272 e. The van der Waals surface area contributed by atoms with Crippen LogP contribution in [0.25, 0.3) is 10.8 Å².